The zero-order valence-corrected chi connectivity index (χ0v) is 16.8. The summed E-state index contributed by atoms with van der Waals surface area (Å²) >= 11 is 0. The first-order valence-corrected chi connectivity index (χ1v) is 9.75. The summed E-state index contributed by atoms with van der Waals surface area (Å²) in [7, 11) is 0. The maximum Gasteiger partial charge on any atom is 0.335 e. The quantitative estimate of drug-likeness (QED) is 0.499. The third kappa shape index (κ3) is 4.30. The fraction of sp³-hybridized carbons (Fsp3) is 0.125. The van der Waals surface area contributed by atoms with Crippen LogP contribution in [0.4, 0.5) is 4.39 Å². The zero-order valence-electron chi connectivity index (χ0n) is 16.8. The number of aromatic nitrogens is 2. The number of carbonyl (C=O) groups excluding carboxylic acids is 1. The van der Waals surface area contributed by atoms with Crippen LogP contribution in [-0.4, -0.2) is 31.3 Å². The number of aromatic carboxylic acids is 1. The average molecular weight is 417 g/mol. The summed E-state index contributed by atoms with van der Waals surface area (Å²) in [6.45, 7) is 2.02. The fourth-order valence-electron chi connectivity index (χ4n) is 3.49. The van der Waals surface area contributed by atoms with Crippen molar-refractivity contribution in [3.8, 4) is 0 Å². The SMILES string of the molecule is C[C@H](c1ccc(F)cc1)N(Cc1cccc(C(=O)O)c1)C(=O)c1cn2ccccc2n1. The molecule has 2 heterocycles. The van der Waals surface area contributed by atoms with Crippen molar-refractivity contribution in [2.45, 2.75) is 19.5 Å². The highest BCUT2D eigenvalue weighted by atomic mass is 19.1. The van der Waals surface area contributed by atoms with E-state index in [-0.39, 0.29) is 29.5 Å². The Hall–Kier alpha value is -4.00. The number of fused-ring (bicyclic) bond motifs is 1. The Labute approximate surface area is 178 Å². The zero-order chi connectivity index (χ0) is 22.0. The van der Waals surface area contributed by atoms with Crippen LogP contribution in [0.5, 0.6) is 0 Å². The van der Waals surface area contributed by atoms with Crippen molar-refractivity contribution in [3.05, 3.63) is 107 Å². The maximum atomic E-state index is 13.5. The average Bonchev–Trinajstić information content (AvgIpc) is 3.21. The van der Waals surface area contributed by atoms with Gasteiger partial charge in [-0.15, -0.1) is 0 Å². The second-order valence-electron chi connectivity index (χ2n) is 7.26. The van der Waals surface area contributed by atoms with Gasteiger partial charge in [-0.05, 0) is 54.4 Å². The molecule has 0 unspecified atom stereocenters. The molecule has 0 aliphatic heterocycles. The number of rotatable bonds is 6. The van der Waals surface area contributed by atoms with Crippen LogP contribution in [0.3, 0.4) is 0 Å². The number of nitrogens with zero attached hydrogens (tertiary/aromatic N) is 3. The molecule has 156 valence electrons. The highest BCUT2D eigenvalue weighted by molar-refractivity contribution is 5.93. The molecule has 4 aromatic rings. The first-order chi connectivity index (χ1) is 14.9. The number of amides is 1. The van der Waals surface area contributed by atoms with E-state index in [9.17, 15) is 19.1 Å². The van der Waals surface area contributed by atoms with Gasteiger partial charge in [0.15, 0.2) is 0 Å². The maximum absolute atomic E-state index is 13.5. The summed E-state index contributed by atoms with van der Waals surface area (Å²) in [6.07, 6.45) is 3.47. The van der Waals surface area contributed by atoms with Gasteiger partial charge in [0.05, 0.1) is 11.6 Å². The van der Waals surface area contributed by atoms with E-state index in [2.05, 4.69) is 4.98 Å². The monoisotopic (exact) mass is 417 g/mol. The Kier molecular flexibility index (Phi) is 5.49. The first kappa shape index (κ1) is 20.3. The molecule has 1 N–H and O–H groups in total. The molecule has 31 heavy (non-hydrogen) atoms. The smallest absolute Gasteiger partial charge is 0.335 e. The molecule has 0 saturated carbocycles. The fourth-order valence-corrected chi connectivity index (χ4v) is 3.49. The van der Waals surface area contributed by atoms with Gasteiger partial charge in [-0.25, -0.2) is 14.2 Å². The van der Waals surface area contributed by atoms with E-state index in [1.54, 1.807) is 51.9 Å². The molecule has 0 fully saturated rings. The van der Waals surface area contributed by atoms with Crippen LogP contribution in [0.15, 0.2) is 79.1 Å². The minimum absolute atomic E-state index is 0.145. The number of carboxylic acid groups (broad SMARTS) is 1. The number of carbonyl (C=O) groups is 2. The lowest BCUT2D eigenvalue weighted by molar-refractivity contribution is 0.0668. The molecule has 0 radical (unpaired) electrons. The Morgan fingerprint density at radius 3 is 2.58 bits per heavy atom. The summed E-state index contributed by atoms with van der Waals surface area (Å²) < 4.78 is 15.2. The van der Waals surface area contributed by atoms with Gasteiger partial charge < -0.3 is 14.4 Å². The number of halogens is 1. The van der Waals surface area contributed by atoms with Crippen molar-refractivity contribution in [2.75, 3.05) is 0 Å². The number of imidazole rings is 1. The summed E-state index contributed by atoms with van der Waals surface area (Å²) in [5.74, 6) is -1.70. The molecule has 0 spiro atoms. The van der Waals surface area contributed by atoms with Crippen molar-refractivity contribution >= 4 is 17.5 Å². The van der Waals surface area contributed by atoms with Gasteiger partial charge in [-0.1, -0.05) is 30.3 Å². The van der Waals surface area contributed by atoms with Gasteiger partial charge in [0.2, 0.25) is 0 Å². The van der Waals surface area contributed by atoms with E-state index in [0.29, 0.717) is 11.2 Å². The van der Waals surface area contributed by atoms with Gasteiger partial charge in [-0.3, -0.25) is 4.79 Å². The Morgan fingerprint density at radius 1 is 1.10 bits per heavy atom. The normalized spacial score (nSPS) is 11.9. The van der Waals surface area contributed by atoms with E-state index >= 15 is 0 Å². The second-order valence-corrected chi connectivity index (χ2v) is 7.26. The van der Waals surface area contributed by atoms with E-state index in [4.69, 9.17) is 0 Å². The van der Waals surface area contributed by atoms with Crippen LogP contribution in [0.1, 0.15) is 44.9 Å². The molecule has 0 saturated heterocycles. The lowest BCUT2D eigenvalue weighted by Gasteiger charge is -2.29. The number of hydrogen-bond donors (Lipinski definition) is 1. The molecule has 6 nitrogen and oxygen atoms in total. The lowest BCUT2D eigenvalue weighted by Crippen LogP contribution is -2.33. The third-order valence-corrected chi connectivity index (χ3v) is 5.19. The molecule has 0 aliphatic carbocycles. The van der Waals surface area contributed by atoms with Crippen LogP contribution in [0.25, 0.3) is 5.65 Å². The molecule has 7 heteroatoms. The summed E-state index contributed by atoms with van der Waals surface area (Å²) in [4.78, 5) is 30.9. The number of benzene rings is 2. The highest BCUT2D eigenvalue weighted by Gasteiger charge is 2.25. The van der Waals surface area contributed by atoms with Gasteiger partial charge in [-0.2, -0.15) is 0 Å². The Balaban J connectivity index is 1.72. The largest absolute Gasteiger partial charge is 0.478 e. The predicted octanol–water partition coefficient (Wildman–Crippen LogP) is 4.58. The number of pyridine rings is 1. The Bertz CT molecular complexity index is 1220. The summed E-state index contributed by atoms with van der Waals surface area (Å²) in [5, 5.41) is 9.30. The van der Waals surface area contributed by atoms with Gasteiger partial charge >= 0.3 is 5.97 Å². The minimum atomic E-state index is -1.04. The van der Waals surface area contributed by atoms with Crippen molar-refractivity contribution in [1.29, 1.82) is 0 Å². The van der Waals surface area contributed by atoms with E-state index in [1.165, 1.54) is 18.2 Å². The van der Waals surface area contributed by atoms with Crippen molar-refractivity contribution in [1.82, 2.24) is 14.3 Å². The second kappa shape index (κ2) is 8.39. The molecule has 2 aromatic carbocycles. The van der Waals surface area contributed by atoms with Crippen LogP contribution in [-0.2, 0) is 6.54 Å². The predicted molar refractivity (Wildman–Crippen MR) is 113 cm³/mol. The van der Waals surface area contributed by atoms with E-state index in [0.717, 1.165) is 5.56 Å². The Morgan fingerprint density at radius 2 is 1.87 bits per heavy atom. The number of carboxylic acids is 1. The topological polar surface area (TPSA) is 74.9 Å². The van der Waals surface area contributed by atoms with Crippen LogP contribution in [0.2, 0.25) is 0 Å². The molecule has 1 atom stereocenters. The van der Waals surface area contributed by atoms with Gasteiger partial charge in [0.1, 0.15) is 17.2 Å². The standard InChI is InChI=1S/C24H20FN3O3/c1-16(18-8-10-20(25)11-9-18)28(14-17-5-4-6-19(13-17)24(30)31)23(29)21-15-27-12-3-2-7-22(27)26-21/h2-13,15-16H,14H2,1H3,(H,30,31)/t16-/m1/s1. The van der Waals surface area contributed by atoms with Gasteiger partial charge in [0.25, 0.3) is 5.91 Å². The molecule has 2 aromatic heterocycles. The molecular weight excluding hydrogens is 397 g/mol. The first-order valence-electron chi connectivity index (χ1n) is 9.75. The van der Waals surface area contributed by atoms with Gasteiger partial charge in [0, 0.05) is 18.9 Å². The molecule has 4 rings (SSSR count). The van der Waals surface area contributed by atoms with Crippen LogP contribution >= 0.6 is 0 Å². The van der Waals surface area contributed by atoms with E-state index < -0.39 is 12.0 Å². The third-order valence-electron chi connectivity index (χ3n) is 5.19. The van der Waals surface area contributed by atoms with Crippen LogP contribution < -0.4 is 0 Å². The highest BCUT2D eigenvalue weighted by Crippen LogP contribution is 2.25. The van der Waals surface area contributed by atoms with E-state index in [1.807, 2.05) is 25.3 Å². The molecule has 0 bridgehead atoms. The van der Waals surface area contributed by atoms with Crippen molar-refractivity contribution in [3.63, 3.8) is 0 Å². The van der Waals surface area contributed by atoms with Crippen LogP contribution in [0, 0.1) is 5.82 Å². The van der Waals surface area contributed by atoms with Crippen molar-refractivity contribution < 1.29 is 19.1 Å². The molecule has 1 amide bonds. The van der Waals surface area contributed by atoms with Crippen molar-refractivity contribution in [2.24, 2.45) is 0 Å². The molecule has 0 aliphatic rings. The summed E-state index contributed by atoms with van der Waals surface area (Å²) in [5.41, 5.74) is 2.49. The molecular formula is C24H20FN3O3. The number of hydrogen-bond acceptors (Lipinski definition) is 3. The summed E-state index contributed by atoms with van der Waals surface area (Å²) in [6, 6.07) is 17.5. The lowest BCUT2D eigenvalue weighted by atomic mass is 10.0. The minimum Gasteiger partial charge on any atom is -0.478 e.